The van der Waals surface area contributed by atoms with E-state index in [9.17, 15) is 0 Å². The van der Waals surface area contributed by atoms with Gasteiger partial charge in [0.15, 0.2) is 0 Å². The molecule has 0 saturated heterocycles. The van der Waals surface area contributed by atoms with Crippen molar-refractivity contribution in [2.24, 2.45) is 0 Å². The van der Waals surface area contributed by atoms with Gasteiger partial charge < -0.3 is 15.4 Å². The molecule has 0 atom stereocenters. The molecular formula is C23H42N2O. The first kappa shape index (κ1) is 24.5. The summed E-state index contributed by atoms with van der Waals surface area (Å²) in [7, 11) is 0. The zero-order chi connectivity index (χ0) is 19.3. The Morgan fingerprint density at radius 1 is 0.577 bits per heavy atom. The van der Waals surface area contributed by atoms with Gasteiger partial charge in [0, 0.05) is 37.7 Å². The fourth-order valence-electron chi connectivity index (χ4n) is 2.64. The smallest absolute Gasteiger partial charge is 0.0466 e. The van der Waals surface area contributed by atoms with Gasteiger partial charge in [-0.25, -0.2) is 0 Å². The molecule has 0 unspecified atom stereocenters. The Hall–Kier alpha value is -1.48. The highest BCUT2D eigenvalue weighted by molar-refractivity contribution is 5.08. The van der Waals surface area contributed by atoms with E-state index in [0.29, 0.717) is 0 Å². The first-order valence-corrected chi connectivity index (χ1v) is 10.4. The SMILES string of the molecule is C=CC(=C)NCCCCCCCCCOCCCCCCNC(=C)C=C. The molecule has 0 spiro atoms. The zero-order valence-electron chi connectivity index (χ0n) is 17.0. The van der Waals surface area contributed by atoms with Gasteiger partial charge >= 0.3 is 0 Å². The van der Waals surface area contributed by atoms with Crippen molar-refractivity contribution in [2.75, 3.05) is 26.3 Å². The summed E-state index contributed by atoms with van der Waals surface area (Å²) >= 11 is 0. The summed E-state index contributed by atoms with van der Waals surface area (Å²) in [6, 6.07) is 0. The van der Waals surface area contributed by atoms with Crippen LogP contribution in [0.1, 0.15) is 70.6 Å². The third-order valence-electron chi connectivity index (χ3n) is 4.38. The second-order valence-electron chi connectivity index (χ2n) is 6.81. The lowest BCUT2D eigenvalue weighted by atomic mass is 10.1. The fourth-order valence-corrected chi connectivity index (χ4v) is 2.64. The molecule has 0 fully saturated rings. The largest absolute Gasteiger partial charge is 0.386 e. The van der Waals surface area contributed by atoms with Gasteiger partial charge in [-0.05, 0) is 37.8 Å². The number of nitrogens with one attached hydrogen (secondary N) is 2. The molecule has 0 bridgehead atoms. The highest BCUT2D eigenvalue weighted by atomic mass is 16.5. The number of rotatable bonds is 21. The van der Waals surface area contributed by atoms with Gasteiger partial charge in [-0.15, -0.1) is 0 Å². The third-order valence-corrected chi connectivity index (χ3v) is 4.38. The Morgan fingerprint density at radius 3 is 1.31 bits per heavy atom. The maximum Gasteiger partial charge on any atom is 0.0466 e. The lowest BCUT2D eigenvalue weighted by Gasteiger charge is -2.07. The predicted molar refractivity (Wildman–Crippen MR) is 116 cm³/mol. The molecule has 0 aliphatic heterocycles. The van der Waals surface area contributed by atoms with Gasteiger partial charge in [-0.1, -0.05) is 71.3 Å². The Labute approximate surface area is 162 Å². The topological polar surface area (TPSA) is 33.3 Å². The van der Waals surface area contributed by atoms with Gasteiger partial charge in [0.1, 0.15) is 0 Å². The Kier molecular flexibility index (Phi) is 18.7. The van der Waals surface area contributed by atoms with Crippen LogP contribution < -0.4 is 10.6 Å². The first-order chi connectivity index (χ1) is 12.7. The standard InChI is InChI=1S/C23H42N2O/c1-5-22(3)24-18-14-10-8-7-9-12-16-20-26-21-17-13-11-15-19-25-23(4)6-2/h5-6,24-25H,1-4,7-21H2. The number of hydrogen-bond acceptors (Lipinski definition) is 3. The van der Waals surface area contributed by atoms with E-state index in [1.54, 1.807) is 12.2 Å². The van der Waals surface area contributed by atoms with Crippen LogP contribution in [0, 0.1) is 0 Å². The molecule has 0 heterocycles. The van der Waals surface area contributed by atoms with Crippen molar-refractivity contribution in [1.29, 1.82) is 0 Å². The van der Waals surface area contributed by atoms with Gasteiger partial charge in [0.25, 0.3) is 0 Å². The van der Waals surface area contributed by atoms with Gasteiger partial charge in [-0.3, -0.25) is 0 Å². The molecule has 0 aliphatic rings. The van der Waals surface area contributed by atoms with E-state index in [4.69, 9.17) is 4.74 Å². The minimum Gasteiger partial charge on any atom is -0.386 e. The quantitative estimate of drug-likeness (QED) is 0.198. The summed E-state index contributed by atoms with van der Waals surface area (Å²) in [4.78, 5) is 0. The van der Waals surface area contributed by atoms with E-state index in [0.717, 1.165) is 37.7 Å². The molecule has 3 nitrogen and oxygen atoms in total. The minimum atomic E-state index is 0.912. The highest BCUT2D eigenvalue weighted by Crippen LogP contribution is 2.07. The van der Waals surface area contributed by atoms with Crippen molar-refractivity contribution < 1.29 is 4.74 Å². The van der Waals surface area contributed by atoms with Gasteiger partial charge in [-0.2, -0.15) is 0 Å². The first-order valence-electron chi connectivity index (χ1n) is 10.4. The van der Waals surface area contributed by atoms with Crippen LogP contribution in [-0.2, 0) is 4.74 Å². The van der Waals surface area contributed by atoms with Crippen LogP contribution in [0.25, 0.3) is 0 Å². The number of hydrogen-bond donors (Lipinski definition) is 2. The van der Waals surface area contributed by atoms with Crippen molar-refractivity contribution in [2.45, 2.75) is 70.6 Å². The van der Waals surface area contributed by atoms with Gasteiger partial charge in [0.05, 0.1) is 0 Å². The average Bonchev–Trinajstić information content (AvgIpc) is 2.66. The van der Waals surface area contributed by atoms with E-state index in [-0.39, 0.29) is 0 Å². The molecule has 0 saturated carbocycles. The molecule has 26 heavy (non-hydrogen) atoms. The lowest BCUT2D eigenvalue weighted by Crippen LogP contribution is -2.12. The molecule has 0 aromatic rings. The summed E-state index contributed by atoms with van der Waals surface area (Å²) in [5.74, 6) is 0. The fraction of sp³-hybridized carbons (Fsp3) is 0.652. The van der Waals surface area contributed by atoms with E-state index in [1.165, 1.54) is 70.6 Å². The molecule has 0 aromatic carbocycles. The number of ether oxygens (including phenoxy) is 1. The molecule has 0 aromatic heterocycles. The van der Waals surface area contributed by atoms with Crippen molar-refractivity contribution in [3.05, 3.63) is 49.9 Å². The Bertz CT molecular complexity index is 340. The molecular weight excluding hydrogens is 320 g/mol. The molecule has 2 N–H and O–H groups in total. The summed E-state index contributed by atoms with van der Waals surface area (Å²) in [6.45, 7) is 18.9. The third kappa shape index (κ3) is 18.9. The summed E-state index contributed by atoms with van der Waals surface area (Å²) in [5, 5.41) is 6.48. The van der Waals surface area contributed by atoms with Crippen LogP contribution in [-0.4, -0.2) is 26.3 Å². The predicted octanol–water partition coefficient (Wildman–Crippen LogP) is 5.87. The number of allylic oxidation sites excluding steroid dienone is 2. The van der Waals surface area contributed by atoms with Crippen molar-refractivity contribution in [3.63, 3.8) is 0 Å². The van der Waals surface area contributed by atoms with Gasteiger partial charge in [0.2, 0.25) is 0 Å². The second kappa shape index (κ2) is 19.8. The van der Waals surface area contributed by atoms with E-state index in [1.807, 2.05) is 0 Å². The van der Waals surface area contributed by atoms with Crippen LogP contribution >= 0.6 is 0 Å². The normalized spacial score (nSPS) is 10.3. The van der Waals surface area contributed by atoms with Crippen molar-refractivity contribution in [1.82, 2.24) is 10.6 Å². The van der Waals surface area contributed by atoms with E-state index >= 15 is 0 Å². The van der Waals surface area contributed by atoms with Crippen LogP contribution in [0.3, 0.4) is 0 Å². The number of unbranched alkanes of at least 4 members (excludes halogenated alkanes) is 9. The van der Waals surface area contributed by atoms with E-state index in [2.05, 4.69) is 36.9 Å². The molecule has 0 aliphatic carbocycles. The molecule has 3 heteroatoms. The van der Waals surface area contributed by atoms with Crippen molar-refractivity contribution >= 4 is 0 Å². The summed E-state index contributed by atoms with van der Waals surface area (Å²) in [5.41, 5.74) is 1.84. The summed E-state index contributed by atoms with van der Waals surface area (Å²) < 4.78 is 5.72. The molecule has 0 radical (unpaired) electrons. The lowest BCUT2D eigenvalue weighted by molar-refractivity contribution is 0.125. The van der Waals surface area contributed by atoms with E-state index < -0.39 is 0 Å². The highest BCUT2D eigenvalue weighted by Gasteiger charge is 1.95. The monoisotopic (exact) mass is 362 g/mol. The average molecular weight is 363 g/mol. The molecule has 0 rings (SSSR count). The maximum atomic E-state index is 5.72. The Balaban J connectivity index is 3.07. The molecule has 0 amide bonds. The second-order valence-corrected chi connectivity index (χ2v) is 6.81. The van der Waals surface area contributed by atoms with Crippen LogP contribution in [0.5, 0.6) is 0 Å². The molecule has 150 valence electrons. The zero-order valence-corrected chi connectivity index (χ0v) is 17.0. The maximum absolute atomic E-state index is 5.72. The summed E-state index contributed by atoms with van der Waals surface area (Å²) in [6.07, 6.45) is 17.4. The Morgan fingerprint density at radius 2 is 0.923 bits per heavy atom. The van der Waals surface area contributed by atoms with Crippen molar-refractivity contribution in [3.8, 4) is 0 Å². The van der Waals surface area contributed by atoms with Crippen LogP contribution in [0.4, 0.5) is 0 Å². The van der Waals surface area contributed by atoms with Crippen LogP contribution in [0.15, 0.2) is 49.9 Å². The minimum absolute atomic E-state index is 0.912. The van der Waals surface area contributed by atoms with Crippen LogP contribution in [0.2, 0.25) is 0 Å².